The lowest BCUT2D eigenvalue weighted by Crippen LogP contribution is -2.33. The third kappa shape index (κ3) is 4.28. The van der Waals surface area contributed by atoms with Crippen molar-refractivity contribution < 1.29 is 18.0 Å². The van der Waals surface area contributed by atoms with Gasteiger partial charge in [0.05, 0.1) is 17.6 Å². The van der Waals surface area contributed by atoms with E-state index in [2.05, 4.69) is 4.98 Å². The molecule has 0 bridgehead atoms. The van der Waals surface area contributed by atoms with E-state index in [1.54, 1.807) is 31.3 Å². The van der Waals surface area contributed by atoms with Crippen molar-refractivity contribution in [3.05, 3.63) is 82.9 Å². The standard InChI is InChI=1S/C20H16F3N3O2/c1-25(16-5-3-2-4-6-16)19(28)12-26-13-24-17(11-18(26)27)14-7-9-15(10-8-14)20(21,22)23/h2-11,13H,12H2,1H3. The maximum atomic E-state index is 12.6. The van der Waals surface area contributed by atoms with E-state index in [4.69, 9.17) is 0 Å². The lowest BCUT2D eigenvalue weighted by Gasteiger charge is -2.17. The first-order valence-electron chi connectivity index (χ1n) is 8.31. The Morgan fingerprint density at radius 2 is 1.71 bits per heavy atom. The van der Waals surface area contributed by atoms with Gasteiger partial charge in [-0.2, -0.15) is 13.2 Å². The molecule has 0 aliphatic rings. The fourth-order valence-electron chi connectivity index (χ4n) is 2.58. The van der Waals surface area contributed by atoms with Gasteiger partial charge in [0.25, 0.3) is 5.56 Å². The highest BCUT2D eigenvalue weighted by Crippen LogP contribution is 2.30. The number of rotatable bonds is 4. The van der Waals surface area contributed by atoms with Crippen molar-refractivity contribution in [2.24, 2.45) is 0 Å². The van der Waals surface area contributed by atoms with Crippen molar-refractivity contribution in [3.8, 4) is 11.3 Å². The van der Waals surface area contributed by atoms with Gasteiger partial charge in [0.15, 0.2) is 0 Å². The topological polar surface area (TPSA) is 55.2 Å². The molecule has 0 atom stereocenters. The number of para-hydroxylation sites is 1. The van der Waals surface area contributed by atoms with Crippen LogP contribution >= 0.6 is 0 Å². The van der Waals surface area contributed by atoms with E-state index in [-0.39, 0.29) is 18.1 Å². The zero-order valence-electron chi connectivity index (χ0n) is 14.8. The molecular formula is C20H16F3N3O2. The molecular weight excluding hydrogens is 371 g/mol. The Bertz CT molecular complexity index is 1030. The van der Waals surface area contributed by atoms with Crippen LogP contribution in [0.4, 0.5) is 18.9 Å². The van der Waals surface area contributed by atoms with E-state index in [1.165, 1.54) is 29.4 Å². The molecule has 5 nitrogen and oxygen atoms in total. The van der Waals surface area contributed by atoms with Gasteiger partial charge in [-0.05, 0) is 24.3 Å². The normalized spacial score (nSPS) is 11.3. The van der Waals surface area contributed by atoms with Gasteiger partial charge in [-0.3, -0.25) is 14.2 Å². The molecule has 3 rings (SSSR count). The summed E-state index contributed by atoms with van der Waals surface area (Å²) >= 11 is 0. The number of amides is 1. The minimum absolute atomic E-state index is 0.204. The second-order valence-electron chi connectivity index (χ2n) is 6.10. The van der Waals surface area contributed by atoms with Crippen molar-refractivity contribution in [3.63, 3.8) is 0 Å². The Kier molecular flexibility index (Phi) is 5.30. The molecule has 1 amide bonds. The van der Waals surface area contributed by atoms with Gasteiger partial charge in [-0.15, -0.1) is 0 Å². The number of aromatic nitrogens is 2. The number of likely N-dealkylation sites (N-methyl/N-ethyl adjacent to an activating group) is 1. The second kappa shape index (κ2) is 7.67. The van der Waals surface area contributed by atoms with Crippen LogP contribution in [0.2, 0.25) is 0 Å². The largest absolute Gasteiger partial charge is 0.416 e. The zero-order chi connectivity index (χ0) is 20.3. The Morgan fingerprint density at radius 1 is 1.07 bits per heavy atom. The molecule has 2 aromatic carbocycles. The third-order valence-corrected chi connectivity index (χ3v) is 4.21. The predicted molar refractivity (Wildman–Crippen MR) is 98.8 cm³/mol. The summed E-state index contributed by atoms with van der Waals surface area (Å²) in [5, 5.41) is 0. The first-order chi connectivity index (χ1) is 13.3. The number of carbonyl (C=O) groups excluding carboxylic acids is 1. The van der Waals surface area contributed by atoms with Gasteiger partial charge in [0.1, 0.15) is 6.54 Å². The maximum Gasteiger partial charge on any atom is 0.416 e. The second-order valence-corrected chi connectivity index (χ2v) is 6.10. The first-order valence-corrected chi connectivity index (χ1v) is 8.31. The van der Waals surface area contributed by atoms with Gasteiger partial charge >= 0.3 is 6.18 Å². The van der Waals surface area contributed by atoms with E-state index < -0.39 is 17.3 Å². The zero-order valence-corrected chi connectivity index (χ0v) is 14.8. The first kappa shape index (κ1) is 19.3. The quantitative estimate of drug-likeness (QED) is 0.688. The molecule has 28 heavy (non-hydrogen) atoms. The molecule has 0 N–H and O–H groups in total. The highest BCUT2D eigenvalue weighted by molar-refractivity contribution is 5.92. The number of benzene rings is 2. The summed E-state index contributed by atoms with van der Waals surface area (Å²) in [6.07, 6.45) is -3.22. The monoisotopic (exact) mass is 387 g/mol. The molecule has 0 fully saturated rings. The van der Waals surface area contributed by atoms with Gasteiger partial charge < -0.3 is 4.90 Å². The Hall–Kier alpha value is -3.42. The van der Waals surface area contributed by atoms with E-state index in [1.807, 2.05) is 6.07 Å². The molecule has 144 valence electrons. The minimum atomic E-state index is -4.43. The minimum Gasteiger partial charge on any atom is -0.314 e. The van der Waals surface area contributed by atoms with E-state index >= 15 is 0 Å². The Balaban J connectivity index is 1.77. The number of anilines is 1. The van der Waals surface area contributed by atoms with Crippen LogP contribution in [-0.4, -0.2) is 22.5 Å². The molecule has 0 aliphatic heterocycles. The van der Waals surface area contributed by atoms with Crippen molar-refractivity contribution in [1.29, 1.82) is 0 Å². The summed E-state index contributed by atoms with van der Waals surface area (Å²) in [7, 11) is 1.60. The summed E-state index contributed by atoms with van der Waals surface area (Å²) < 4.78 is 39.1. The van der Waals surface area contributed by atoms with Crippen LogP contribution in [0.1, 0.15) is 5.56 Å². The van der Waals surface area contributed by atoms with Crippen LogP contribution < -0.4 is 10.5 Å². The van der Waals surface area contributed by atoms with Crippen molar-refractivity contribution in [2.75, 3.05) is 11.9 Å². The highest BCUT2D eigenvalue weighted by Gasteiger charge is 2.30. The lowest BCUT2D eigenvalue weighted by molar-refractivity contribution is -0.137. The number of hydrogen-bond acceptors (Lipinski definition) is 3. The van der Waals surface area contributed by atoms with Crippen LogP contribution in [0.15, 0.2) is 71.8 Å². The molecule has 0 unspecified atom stereocenters. The van der Waals surface area contributed by atoms with Gasteiger partial charge in [-0.1, -0.05) is 30.3 Å². The van der Waals surface area contributed by atoms with Crippen LogP contribution in [0.3, 0.4) is 0 Å². The van der Waals surface area contributed by atoms with Crippen molar-refractivity contribution >= 4 is 11.6 Å². The Morgan fingerprint density at radius 3 is 2.29 bits per heavy atom. The van der Waals surface area contributed by atoms with Crippen LogP contribution in [0.25, 0.3) is 11.3 Å². The van der Waals surface area contributed by atoms with E-state index in [0.29, 0.717) is 11.3 Å². The summed E-state index contributed by atoms with van der Waals surface area (Å²) in [6, 6.07) is 14.5. The molecule has 0 radical (unpaired) electrons. The molecule has 0 spiro atoms. The summed E-state index contributed by atoms with van der Waals surface area (Å²) in [4.78, 5) is 30.2. The smallest absolute Gasteiger partial charge is 0.314 e. The fraction of sp³-hybridized carbons (Fsp3) is 0.150. The van der Waals surface area contributed by atoms with E-state index in [0.717, 1.165) is 16.7 Å². The van der Waals surface area contributed by atoms with E-state index in [9.17, 15) is 22.8 Å². The number of hydrogen-bond donors (Lipinski definition) is 0. The molecule has 8 heteroatoms. The van der Waals surface area contributed by atoms with Gasteiger partial charge in [0, 0.05) is 24.4 Å². The lowest BCUT2D eigenvalue weighted by atomic mass is 10.1. The van der Waals surface area contributed by atoms with Crippen molar-refractivity contribution in [1.82, 2.24) is 9.55 Å². The SMILES string of the molecule is CN(C(=O)Cn1cnc(-c2ccc(C(F)(F)F)cc2)cc1=O)c1ccccc1. The average Bonchev–Trinajstić information content (AvgIpc) is 2.69. The number of nitrogens with zero attached hydrogens (tertiary/aromatic N) is 3. The number of halogens is 3. The molecule has 3 aromatic rings. The predicted octanol–water partition coefficient (Wildman–Crippen LogP) is 3.59. The van der Waals surface area contributed by atoms with Gasteiger partial charge in [-0.25, -0.2) is 4.98 Å². The highest BCUT2D eigenvalue weighted by atomic mass is 19.4. The van der Waals surface area contributed by atoms with Crippen LogP contribution in [0.5, 0.6) is 0 Å². The fourth-order valence-corrected chi connectivity index (χ4v) is 2.58. The number of alkyl halides is 3. The number of carbonyl (C=O) groups is 1. The molecule has 1 heterocycles. The van der Waals surface area contributed by atoms with Crippen molar-refractivity contribution in [2.45, 2.75) is 12.7 Å². The molecule has 0 saturated carbocycles. The molecule has 1 aromatic heterocycles. The summed E-state index contributed by atoms with van der Waals surface area (Å²) in [5.41, 5.74) is 0.0533. The Labute approximate surface area is 158 Å². The average molecular weight is 387 g/mol. The molecule has 0 saturated heterocycles. The van der Waals surface area contributed by atoms with Crippen LogP contribution in [0, 0.1) is 0 Å². The maximum absolute atomic E-state index is 12.6. The van der Waals surface area contributed by atoms with Gasteiger partial charge in [0.2, 0.25) is 5.91 Å². The molecule has 0 aliphatic carbocycles. The summed E-state index contributed by atoms with van der Waals surface area (Å²) in [6.45, 7) is -0.204. The van der Waals surface area contributed by atoms with Crippen LogP contribution in [-0.2, 0) is 17.5 Å². The summed E-state index contributed by atoms with van der Waals surface area (Å²) in [5.74, 6) is -0.308. The third-order valence-electron chi connectivity index (χ3n) is 4.21.